The van der Waals surface area contributed by atoms with Gasteiger partial charge in [0.15, 0.2) is 0 Å². The van der Waals surface area contributed by atoms with Crippen LogP contribution in [0.5, 0.6) is 0 Å². The lowest BCUT2D eigenvalue weighted by atomic mass is 10.4. The van der Waals surface area contributed by atoms with Crippen molar-refractivity contribution in [2.75, 3.05) is 26.3 Å². The fourth-order valence-corrected chi connectivity index (χ4v) is 1.81. The molecule has 0 unspecified atom stereocenters. The summed E-state index contributed by atoms with van der Waals surface area (Å²) in [7, 11) is 0.964. The van der Waals surface area contributed by atoms with Crippen molar-refractivity contribution < 1.29 is 9.47 Å². The Morgan fingerprint density at radius 1 is 1.15 bits per heavy atom. The largest absolute Gasteiger partial charge is 0.358 e. The zero-order valence-electron chi connectivity index (χ0n) is 9.14. The van der Waals surface area contributed by atoms with Crippen LogP contribution >= 0.6 is 0 Å². The maximum Gasteiger partial charge on any atom is 0.131 e. The minimum Gasteiger partial charge on any atom is -0.358 e. The van der Waals surface area contributed by atoms with Crippen molar-refractivity contribution >= 4 is 10.2 Å². The maximum absolute atomic E-state index is 5.12. The van der Waals surface area contributed by atoms with Crippen LogP contribution in [-0.2, 0) is 9.47 Å². The smallest absolute Gasteiger partial charge is 0.131 e. The van der Waals surface area contributed by atoms with E-state index in [4.69, 9.17) is 9.47 Å². The second-order valence-corrected chi connectivity index (χ2v) is 3.88. The third-order valence-electron chi connectivity index (χ3n) is 1.76. The van der Waals surface area contributed by atoms with Gasteiger partial charge < -0.3 is 14.8 Å². The minimum absolute atomic E-state index is 0.102. The highest BCUT2D eigenvalue weighted by molar-refractivity contribution is 6.09. The molecule has 0 aliphatic carbocycles. The summed E-state index contributed by atoms with van der Waals surface area (Å²) < 4.78 is 10.2. The van der Waals surface area contributed by atoms with Crippen LogP contribution in [-0.4, -0.2) is 42.5 Å². The Bertz CT molecular complexity index is 86.0. The lowest BCUT2D eigenvalue weighted by molar-refractivity contribution is -0.0801. The van der Waals surface area contributed by atoms with E-state index in [0.717, 1.165) is 23.5 Å². The number of hydrogen-bond donors (Lipinski definition) is 1. The Labute approximate surface area is 84.6 Å². The summed E-state index contributed by atoms with van der Waals surface area (Å²) in [6.45, 7) is 7.97. The zero-order chi connectivity index (χ0) is 9.94. The van der Waals surface area contributed by atoms with Crippen LogP contribution < -0.4 is 5.32 Å². The molecule has 1 aliphatic rings. The van der Waals surface area contributed by atoms with Gasteiger partial charge in [0.05, 0.1) is 10.2 Å². The highest BCUT2D eigenvalue weighted by Gasteiger charge is 1.94. The molecule has 1 rings (SSSR count). The van der Waals surface area contributed by atoms with Gasteiger partial charge >= 0.3 is 0 Å². The van der Waals surface area contributed by atoms with Gasteiger partial charge in [0, 0.05) is 13.2 Å². The predicted molar refractivity (Wildman–Crippen MR) is 59.1 cm³/mol. The molecule has 80 valence electrons. The lowest BCUT2D eigenvalue weighted by Gasteiger charge is -2.09. The van der Waals surface area contributed by atoms with E-state index in [1.807, 2.05) is 13.8 Å². The van der Waals surface area contributed by atoms with Gasteiger partial charge in [-0.2, -0.15) is 0 Å². The van der Waals surface area contributed by atoms with Crippen molar-refractivity contribution in [2.24, 2.45) is 0 Å². The molecule has 13 heavy (non-hydrogen) atoms. The van der Waals surface area contributed by atoms with Crippen molar-refractivity contribution in [3.05, 3.63) is 0 Å². The Hall–Kier alpha value is 0.0969. The van der Waals surface area contributed by atoms with Crippen molar-refractivity contribution in [2.45, 2.75) is 32.6 Å². The second kappa shape index (κ2) is 10.2. The van der Waals surface area contributed by atoms with Gasteiger partial charge in [0.1, 0.15) is 5.91 Å². The average Bonchev–Trinajstić information content (AvgIpc) is 2.61. The summed E-state index contributed by atoms with van der Waals surface area (Å²) in [4.78, 5) is 0. The fraction of sp³-hybridized carbons (Fsp3) is 1.00. The number of rotatable bonds is 4. The van der Waals surface area contributed by atoms with Gasteiger partial charge in [-0.1, -0.05) is 0 Å². The molecule has 1 aliphatic heterocycles. The van der Waals surface area contributed by atoms with E-state index in [9.17, 15) is 0 Å². The summed E-state index contributed by atoms with van der Waals surface area (Å²) in [6, 6.07) is 0. The molecule has 0 aromatic rings. The normalized spacial score (nSPS) is 15.9. The number of hydrogen-bond acceptors (Lipinski definition) is 3. The third kappa shape index (κ3) is 10.0. The molecule has 0 aromatic carbocycles. The number of ether oxygens (including phenoxy) is 2. The van der Waals surface area contributed by atoms with Gasteiger partial charge in [0.25, 0.3) is 0 Å². The van der Waals surface area contributed by atoms with Crippen LogP contribution in [0.3, 0.4) is 0 Å². The molecule has 0 aromatic heterocycles. The Morgan fingerprint density at radius 3 is 1.85 bits per heavy atom. The quantitative estimate of drug-likeness (QED) is 0.521. The minimum atomic E-state index is 0.102. The van der Waals surface area contributed by atoms with Gasteiger partial charge in [-0.05, 0) is 39.8 Å². The summed E-state index contributed by atoms with van der Waals surface area (Å²) in [5.41, 5.74) is 0. The second-order valence-electron chi connectivity index (χ2n) is 2.94. The molecule has 3 nitrogen and oxygen atoms in total. The van der Waals surface area contributed by atoms with Crippen molar-refractivity contribution in [1.82, 2.24) is 5.32 Å². The van der Waals surface area contributed by atoms with Crippen LogP contribution in [0.4, 0.5) is 0 Å². The summed E-state index contributed by atoms with van der Waals surface area (Å²) in [5.74, 6) is 0.102. The summed E-state index contributed by atoms with van der Waals surface area (Å²) >= 11 is 0. The predicted octanol–water partition coefficient (Wildman–Crippen LogP) is 0.0782. The Morgan fingerprint density at radius 2 is 1.62 bits per heavy atom. The molecule has 1 heterocycles. The lowest BCUT2D eigenvalue weighted by Crippen LogP contribution is -2.16. The topological polar surface area (TPSA) is 30.5 Å². The first-order valence-corrected chi connectivity index (χ1v) is 6.40. The molecule has 1 N–H and O–H groups in total. The van der Waals surface area contributed by atoms with Gasteiger partial charge in [0.2, 0.25) is 0 Å². The van der Waals surface area contributed by atoms with Crippen molar-refractivity contribution in [1.29, 1.82) is 0 Å². The monoisotopic (exact) mass is 205 g/mol. The highest BCUT2D eigenvalue weighted by Crippen LogP contribution is 1.90. The van der Waals surface area contributed by atoms with Crippen molar-refractivity contribution in [3.8, 4) is 0 Å². The maximum atomic E-state index is 5.12. The molecule has 4 heteroatoms. The molecule has 0 atom stereocenters. The van der Waals surface area contributed by atoms with E-state index < -0.39 is 0 Å². The Balaban J connectivity index is 0.000000243. The molecule has 1 fully saturated rings. The van der Waals surface area contributed by atoms with Crippen molar-refractivity contribution in [3.63, 3.8) is 0 Å². The first-order valence-electron chi connectivity index (χ1n) is 5.25. The van der Waals surface area contributed by atoms with E-state index in [2.05, 4.69) is 5.32 Å². The van der Waals surface area contributed by atoms with E-state index in [1.54, 1.807) is 0 Å². The zero-order valence-corrected chi connectivity index (χ0v) is 11.1. The molecule has 1 saturated heterocycles. The molecule has 0 amide bonds. The van der Waals surface area contributed by atoms with Crippen LogP contribution in [0.2, 0.25) is 0 Å². The number of nitrogens with one attached hydrogen (secondary N) is 1. The van der Waals surface area contributed by atoms with Gasteiger partial charge in [-0.3, -0.25) is 0 Å². The average molecular weight is 205 g/mol. The third-order valence-corrected chi connectivity index (χ3v) is 2.43. The fourth-order valence-electron chi connectivity index (χ4n) is 1.14. The van der Waals surface area contributed by atoms with Crippen LogP contribution in [0.15, 0.2) is 0 Å². The molecule has 0 saturated carbocycles. The molecular formula is C9H23NO2Si. The highest BCUT2D eigenvalue weighted by atomic mass is 28.1. The van der Waals surface area contributed by atoms with Crippen LogP contribution in [0, 0.1) is 0 Å². The van der Waals surface area contributed by atoms with E-state index >= 15 is 0 Å². The SMILES string of the molecule is C1CCNC1.CCOC([SiH3])OCC. The first-order chi connectivity index (χ1) is 6.31. The van der Waals surface area contributed by atoms with Crippen LogP contribution in [0.1, 0.15) is 26.7 Å². The van der Waals surface area contributed by atoms with Gasteiger partial charge in [-0.15, -0.1) is 0 Å². The van der Waals surface area contributed by atoms with Crippen LogP contribution in [0.25, 0.3) is 0 Å². The molecular weight excluding hydrogens is 182 g/mol. The standard InChI is InChI=1S/C5H14O2Si.C4H9N/c1-3-6-5(8)7-4-2;1-2-4-5-3-1/h5H,3-4H2,1-2,8H3;5H,1-4H2. The van der Waals surface area contributed by atoms with E-state index in [1.165, 1.54) is 25.9 Å². The molecule has 0 spiro atoms. The van der Waals surface area contributed by atoms with E-state index in [-0.39, 0.29) is 5.91 Å². The summed E-state index contributed by atoms with van der Waals surface area (Å²) in [6.07, 6.45) is 2.78. The van der Waals surface area contributed by atoms with E-state index in [0.29, 0.717) is 0 Å². The molecule has 0 bridgehead atoms. The molecule has 0 radical (unpaired) electrons. The Kier molecular flexibility index (Phi) is 10.3. The first kappa shape index (κ1) is 13.1. The summed E-state index contributed by atoms with van der Waals surface area (Å²) in [5, 5.41) is 3.22. The van der Waals surface area contributed by atoms with Gasteiger partial charge in [-0.25, -0.2) is 0 Å².